The van der Waals surface area contributed by atoms with Crippen molar-refractivity contribution >= 4 is 11.6 Å². The van der Waals surface area contributed by atoms with Gasteiger partial charge in [0.1, 0.15) is 28.9 Å². The lowest BCUT2D eigenvalue weighted by Crippen LogP contribution is -2.44. The van der Waals surface area contributed by atoms with Crippen LogP contribution in [0.4, 0.5) is 14.5 Å². The average Bonchev–Trinajstić information content (AvgIpc) is 2.67. The van der Waals surface area contributed by atoms with Crippen LogP contribution in [0.25, 0.3) is 0 Å². The minimum atomic E-state index is -1.11. The van der Waals surface area contributed by atoms with Crippen LogP contribution in [-0.2, 0) is 11.2 Å². The van der Waals surface area contributed by atoms with Crippen molar-refractivity contribution in [3.05, 3.63) is 47.0 Å². The van der Waals surface area contributed by atoms with Crippen LogP contribution in [0, 0.1) is 11.6 Å². The number of rotatable bonds is 7. The highest BCUT2D eigenvalue weighted by Gasteiger charge is 2.27. The molecule has 162 valence electrons. The lowest BCUT2D eigenvalue weighted by Gasteiger charge is -2.29. The zero-order valence-electron chi connectivity index (χ0n) is 16.9. The van der Waals surface area contributed by atoms with Crippen LogP contribution in [0.3, 0.4) is 0 Å². The van der Waals surface area contributed by atoms with E-state index in [1.807, 2.05) is 0 Å². The van der Waals surface area contributed by atoms with Crippen LogP contribution in [0.5, 0.6) is 17.2 Å². The number of halogens is 2. The van der Waals surface area contributed by atoms with Gasteiger partial charge >= 0.3 is 0 Å². The van der Waals surface area contributed by atoms with Crippen LogP contribution < -0.4 is 20.1 Å². The number of aliphatic hydroxyl groups is 1. The monoisotopic (exact) mass is 422 g/mol. The Labute approximate surface area is 172 Å². The van der Waals surface area contributed by atoms with E-state index in [-0.39, 0.29) is 59.5 Å². The van der Waals surface area contributed by atoms with E-state index in [0.717, 1.165) is 12.1 Å². The molecule has 30 heavy (non-hydrogen) atoms. The molecule has 1 unspecified atom stereocenters. The van der Waals surface area contributed by atoms with Gasteiger partial charge in [0.25, 0.3) is 5.91 Å². The van der Waals surface area contributed by atoms with Gasteiger partial charge in [0, 0.05) is 41.4 Å². The molecule has 0 aliphatic carbocycles. The van der Waals surface area contributed by atoms with E-state index in [1.54, 1.807) is 13.8 Å². The molecular formula is C21H24F2N2O5. The van der Waals surface area contributed by atoms with E-state index >= 15 is 0 Å². The van der Waals surface area contributed by atoms with Crippen molar-refractivity contribution in [2.75, 3.05) is 25.6 Å². The van der Waals surface area contributed by atoms with Crippen LogP contribution >= 0.6 is 0 Å². The molecule has 0 saturated heterocycles. The summed E-state index contributed by atoms with van der Waals surface area (Å²) >= 11 is 0. The van der Waals surface area contributed by atoms with Gasteiger partial charge in [0.2, 0.25) is 0 Å². The summed E-state index contributed by atoms with van der Waals surface area (Å²) in [6, 6.07) is 4.91. The second-order valence-corrected chi connectivity index (χ2v) is 7.78. The number of anilines is 1. The summed E-state index contributed by atoms with van der Waals surface area (Å²) in [5, 5.41) is 26.2. The number of aromatic hydroxyl groups is 1. The maximum atomic E-state index is 14.3. The van der Waals surface area contributed by atoms with Crippen molar-refractivity contribution in [1.29, 1.82) is 0 Å². The molecule has 4 N–H and O–H groups in total. The van der Waals surface area contributed by atoms with E-state index in [0.29, 0.717) is 0 Å². The van der Waals surface area contributed by atoms with Gasteiger partial charge in [-0.05, 0) is 26.3 Å². The predicted molar refractivity (Wildman–Crippen MR) is 106 cm³/mol. The Hall–Kier alpha value is -2.91. The fourth-order valence-electron chi connectivity index (χ4n) is 3.31. The lowest BCUT2D eigenvalue weighted by atomic mass is 9.93. The molecule has 0 saturated carbocycles. The number of methoxy groups -OCH3 is 1. The number of phenolic OH excluding ortho intramolecular Hbond substituents is 1. The molecule has 1 heterocycles. The molecular weight excluding hydrogens is 398 g/mol. The zero-order valence-corrected chi connectivity index (χ0v) is 16.9. The Morgan fingerprint density at radius 3 is 2.57 bits per heavy atom. The number of hydrogen-bond donors (Lipinski definition) is 4. The van der Waals surface area contributed by atoms with E-state index in [4.69, 9.17) is 9.47 Å². The third-order valence-corrected chi connectivity index (χ3v) is 4.83. The van der Waals surface area contributed by atoms with Crippen LogP contribution in [0.1, 0.15) is 31.1 Å². The van der Waals surface area contributed by atoms with E-state index in [9.17, 15) is 23.8 Å². The first-order chi connectivity index (χ1) is 14.1. The van der Waals surface area contributed by atoms with Gasteiger partial charge in [-0.2, -0.15) is 0 Å². The molecule has 2 aromatic rings. The van der Waals surface area contributed by atoms with Gasteiger partial charge in [0.15, 0.2) is 6.61 Å². The minimum Gasteiger partial charge on any atom is -0.508 e. The van der Waals surface area contributed by atoms with E-state index < -0.39 is 23.3 Å². The van der Waals surface area contributed by atoms with Crippen molar-refractivity contribution in [1.82, 2.24) is 5.32 Å². The topological polar surface area (TPSA) is 100 Å². The zero-order chi connectivity index (χ0) is 22.1. The summed E-state index contributed by atoms with van der Waals surface area (Å²) in [5.41, 5.74) is -0.316. The number of β-amino-alcohol motifs (C(OH)–C–C–N with tert-alkyl or cyclic N) is 1. The summed E-state index contributed by atoms with van der Waals surface area (Å²) in [4.78, 5) is 11.5. The summed E-state index contributed by atoms with van der Waals surface area (Å²) in [6.07, 6.45) is -1.09. The highest BCUT2D eigenvalue weighted by molar-refractivity contribution is 5.96. The van der Waals surface area contributed by atoms with Gasteiger partial charge < -0.3 is 30.3 Å². The third kappa shape index (κ3) is 4.80. The minimum absolute atomic E-state index is 0.0135. The van der Waals surface area contributed by atoms with E-state index in [2.05, 4.69) is 10.6 Å². The summed E-state index contributed by atoms with van der Waals surface area (Å²) < 4.78 is 38.8. The van der Waals surface area contributed by atoms with E-state index in [1.165, 1.54) is 19.2 Å². The molecule has 9 heteroatoms. The standard InChI is InChI=1S/C21H24F2N2O5/c1-21(2,8-14-15(22)6-12(29-3)7-16(14)23)24-9-18(27)13-4-11(26)5-17-20(13)30-10-19(28)25-17/h4-7,18,24,26-27H,8-10H2,1-3H3,(H,25,28). The highest BCUT2D eigenvalue weighted by atomic mass is 19.1. The molecule has 7 nitrogen and oxygen atoms in total. The number of carbonyl (C=O) groups is 1. The van der Waals surface area contributed by atoms with Crippen molar-refractivity contribution in [3.8, 4) is 17.2 Å². The maximum Gasteiger partial charge on any atom is 0.262 e. The first-order valence-corrected chi connectivity index (χ1v) is 9.34. The molecule has 3 rings (SSSR count). The molecule has 0 spiro atoms. The second-order valence-electron chi connectivity index (χ2n) is 7.78. The number of hydrogen-bond acceptors (Lipinski definition) is 6. The van der Waals surface area contributed by atoms with Crippen LogP contribution in [0.2, 0.25) is 0 Å². The van der Waals surface area contributed by atoms with Crippen LogP contribution in [0.15, 0.2) is 24.3 Å². The highest BCUT2D eigenvalue weighted by Crippen LogP contribution is 2.38. The summed E-state index contributed by atoms with van der Waals surface area (Å²) in [6.45, 7) is 3.31. The smallest absolute Gasteiger partial charge is 0.262 e. The van der Waals surface area contributed by atoms with Crippen molar-refractivity contribution < 1.29 is 33.3 Å². The SMILES string of the molecule is COc1cc(F)c(CC(C)(C)NCC(O)c2cc(O)cc3c2OCC(=O)N3)c(F)c1. The molecule has 2 aromatic carbocycles. The van der Waals surface area contributed by atoms with Gasteiger partial charge in [-0.25, -0.2) is 8.78 Å². The predicted octanol–water partition coefficient (Wildman–Crippen LogP) is 2.65. The Kier molecular flexibility index (Phi) is 6.14. The summed E-state index contributed by atoms with van der Waals surface area (Å²) in [7, 11) is 1.33. The van der Waals surface area contributed by atoms with Crippen molar-refractivity contribution in [2.45, 2.75) is 31.9 Å². The first-order valence-electron chi connectivity index (χ1n) is 9.34. The molecule has 0 aromatic heterocycles. The number of benzene rings is 2. The number of fused-ring (bicyclic) bond motifs is 1. The first kappa shape index (κ1) is 21.8. The molecule has 1 aliphatic heterocycles. The molecule has 1 aliphatic rings. The van der Waals surface area contributed by atoms with Gasteiger partial charge in [-0.15, -0.1) is 0 Å². The number of amides is 1. The Balaban J connectivity index is 1.73. The Morgan fingerprint density at radius 2 is 1.93 bits per heavy atom. The van der Waals surface area contributed by atoms with Gasteiger partial charge in [0.05, 0.1) is 18.9 Å². The molecule has 1 atom stereocenters. The second kappa shape index (κ2) is 8.45. The number of ether oxygens (including phenoxy) is 2. The molecule has 0 radical (unpaired) electrons. The largest absolute Gasteiger partial charge is 0.508 e. The Bertz CT molecular complexity index is 942. The maximum absolute atomic E-state index is 14.3. The lowest BCUT2D eigenvalue weighted by molar-refractivity contribution is -0.118. The van der Waals surface area contributed by atoms with Crippen molar-refractivity contribution in [3.63, 3.8) is 0 Å². The third-order valence-electron chi connectivity index (χ3n) is 4.83. The molecule has 0 bridgehead atoms. The normalized spacial score (nSPS) is 14.5. The fraction of sp³-hybridized carbons (Fsp3) is 0.381. The number of phenols is 1. The number of nitrogens with one attached hydrogen (secondary N) is 2. The van der Waals surface area contributed by atoms with Crippen molar-refractivity contribution in [2.24, 2.45) is 0 Å². The van der Waals surface area contributed by atoms with Gasteiger partial charge in [-0.3, -0.25) is 4.79 Å². The fourth-order valence-corrected chi connectivity index (χ4v) is 3.31. The van der Waals surface area contributed by atoms with Gasteiger partial charge in [-0.1, -0.05) is 0 Å². The summed E-state index contributed by atoms with van der Waals surface area (Å²) in [5.74, 6) is -1.57. The van der Waals surface area contributed by atoms with Crippen LogP contribution in [-0.4, -0.2) is 41.9 Å². The average molecular weight is 422 g/mol. The Morgan fingerprint density at radius 1 is 1.27 bits per heavy atom. The number of carbonyl (C=O) groups excluding carboxylic acids is 1. The quantitative estimate of drug-likeness (QED) is 0.548. The molecule has 0 fully saturated rings. The molecule has 1 amide bonds. The number of aliphatic hydroxyl groups excluding tert-OH is 1.